The molecule has 0 saturated carbocycles. The Morgan fingerprint density at radius 1 is 1.30 bits per heavy atom. The van der Waals surface area contributed by atoms with Gasteiger partial charge < -0.3 is 9.80 Å². The fourth-order valence-electron chi connectivity index (χ4n) is 3.88. The third kappa shape index (κ3) is 3.19. The first-order valence-corrected chi connectivity index (χ1v) is 8.99. The number of carbonyl (C=O) groups is 1. The monoisotopic (exact) mass is 316 g/mol. The number of aromatic nitrogens is 2. The molecule has 23 heavy (non-hydrogen) atoms. The van der Waals surface area contributed by atoms with Crippen LogP contribution in [0.15, 0.2) is 6.33 Å². The predicted molar refractivity (Wildman–Crippen MR) is 91.6 cm³/mol. The zero-order valence-corrected chi connectivity index (χ0v) is 14.6. The summed E-state index contributed by atoms with van der Waals surface area (Å²) in [7, 11) is 0. The second-order valence-electron chi connectivity index (χ2n) is 7.00. The van der Waals surface area contributed by atoms with Gasteiger partial charge in [-0.15, -0.1) is 0 Å². The summed E-state index contributed by atoms with van der Waals surface area (Å²) in [6, 6.07) is 0. The molecule has 5 nitrogen and oxygen atoms in total. The zero-order chi connectivity index (χ0) is 16.4. The Bertz CT molecular complexity index is 566. The Labute approximate surface area is 139 Å². The molecule has 1 aliphatic carbocycles. The molecule has 126 valence electrons. The second kappa shape index (κ2) is 6.85. The van der Waals surface area contributed by atoms with E-state index in [4.69, 9.17) is 0 Å². The number of aryl methyl sites for hydroxylation is 1. The molecular formula is C18H28N4O. The Hall–Kier alpha value is -1.65. The van der Waals surface area contributed by atoms with E-state index >= 15 is 0 Å². The molecule has 0 bridgehead atoms. The highest BCUT2D eigenvalue weighted by Crippen LogP contribution is 2.37. The standard InChI is InChI=1S/C18H28N4O/c1-4-5-14(3)18(23)22-10-8-21(9-11-22)17-16-13(2)6-7-15(16)19-12-20-17/h12-14H,4-11H2,1-3H3. The van der Waals surface area contributed by atoms with E-state index in [1.165, 1.54) is 17.7 Å². The van der Waals surface area contributed by atoms with Gasteiger partial charge in [-0.3, -0.25) is 4.79 Å². The Balaban J connectivity index is 1.66. The van der Waals surface area contributed by atoms with Crippen molar-refractivity contribution in [2.24, 2.45) is 5.92 Å². The fraction of sp³-hybridized carbons (Fsp3) is 0.722. The van der Waals surface area contributed by atoms with Crippen LogP contribution in [-0.4, -0.2) is 47.0 Å². The molecule has 2 heterocycles. The normalized spacial score (nSPS) is 22.1. The van der Waals surface area contributed by atoms with Gasteiger partial charge in [-0.05, 0) is 25.2 Å². The number of nitrogens with zero attached hydrogens (tertiary/aromatic N) is 4. The van der Waals surface area contributed by atoms with E-state index in [0.717, 1.165) is 51.3 Å². The van der Waals surface area contributed by atoms with Crippen LogP contribution in [0.2, 0.25) is 0 Å². The Morgan fingerprint density at radius 3 is 2.74 bits per heavy atom. The third-order valence-corrected chi connectivity index (χ3v) is 5.29. The van der Waals surface area contributed by atoms with E-state index in [0.29, 0.717) is 11.8 Å². The molecule has 1 aromatic rings. The van der Waals surface area contributed by atoms with Crippen molar-refractivity contribution in [3.8, 4) is 0 Å². The van der Waals surface area contributed by atoms with Crippen molar-refractivity contribution in [3.63, 3.8) is 0 Å². The molecule has 1 saturated heterocycles. The fourth-order valence-corrected chi connectivity index (χ4v) is 3.88. The van der Waals surface area contributed by atoms with Crippen molar-refractivity contribution in [1.29, 1.82) is 0 Å². The number of carbonyl (C=O) groups excluding carboxylic acids is 1. The number of hydrogen-bond acceptors (Lipinski definition) is 4. The van der Waals surface area contributed by atoms with Crippen LogP contribution in [0.4, 0.5) is 5.82 Å². The van der Waals surface area contributed by atoms with Crippen molar-refractivity contribution in [2.45, 2.75) is 52.4 Å². The summed E-state index contributed by atoms with van der Waals surface area (Å²) in [5, 5.41) is 0. The molecule has 1 amide bonds. The lowest BCUT2D eigenvalue weighted by Gasteiger charge is -2.37. The lowest BCUT2D eigenvalue weighted by Crippen LogP contribution is -2.50. The van der Waals surface area contributed by atoms with Gasteiger partial charge in [0.2, 0.25) is 5.91 Å². The van der Waals surface area contributed by atoms with Gasteiger partial charge in [0.1, 0.15) is 12.1 Å². The van der Waals surface area contributed by atoms with Crippen LogP contribution in [0.1, 0.15) is 57.2 Å². The van der Waals surface area contributed by atoms with Gasteiger partial charge in [0, 0.05) is 43.4 Å². The van der Waals surface area contributed by atoms with Crippen molar-refractivity contribution in [2.75, 3.05) is 31.1 Å². The van der Waals surface area contributed by atoms with E-state index in [1.807, 2.05) is 4.90 Å². The first-order valence-electron chi connectivity index (χ1n) is 8.99. The molecule has 3 rings (SSSR count). The molecule has 1 aromatic heterocycles. The molecule has 2 atom stereocenters. The maximum absolute atomic E-state index is 12.5. The minimum absolute atomic E-state index is 0.148. The number of rotatable bonds is 4. The maximum Gasteiger partial charge on any atom is 0.225 e. The summed E-state index contributed by atoms with van der Waals surface area (Å²) in [5.74, 6) is 2.11. The van der Waals surface area contributed by atoms with E-state index in [-0.39, 0.29) is 5.92 Å². The first-order chi connectivity index (χ1) is 11.1. The maximum atomic E-state index is 12.5. The topological polar surface area (TPSA) is 49.3 Å². The summed E-state index contributed by atoms with van der Waals surface area (Å²) >= 11 is 0. The summed E-state index contributed by atoms with van der Waals surface area (Å²) in [5.41, 5.74) is 2.56. The highest BCUT2D eigenvalue weighted by Gasteiger charge is 2.30. The van der Waals surface area contributed by atoms with Crippen molar-refractivity contribution in [3.05, 3.63) is 17.6 Å². The predicted octanol–water partition coefficient (Wildman–Crippen LogP) is 2.61. The van der Waals surface area contributed by atoms with Crippen molar-refractivity contribution in [1.82, 2.24) is 14.9 Å². The van der Waals surface area contributed by atoms with E-state index in [9.17, 15) is 4.79 Å². The van der Waals surface area contributed by atoms with Gasteiger partial charge in [0.25, 0.3) is 0 Å². The second-order valence-corrected chi connectivity index (χ2v) is 7.00. The highest BCUT2D eigenvalue weighted by molar-refractivity contribution is 5.78. The molecule has 1 aliphatic heterocycles. The molecule has 0 radical (unpaired) electrons. The van der Waals surface area contributed by atoms with Gasteiger partial charge in [-0.2, -0.15) is 0 Å². The van der Waals surface area contributed by atoms with Crippen LogP contribution in [0.5, 0.6) is 0 Å². The molecule has 5 heteroatoms. The third-order valence-electron chi connectivity index (χ3n) is 5.29. The molecule has 0 N–H and O–H groups in total. The lowest BCUT2D eigenvalue weighted by atomic mass is 10.0. The average molecular weight is 316 g/mol. The summed E-state index contributed by atoms with van der Waals surface area (Å²) in [4.78, 5) is 25.8. The number of hydrogen-bond donors (Lipinski definition) is 0. The molecule has 0 spiro atoms. The number of piperazine rings is 1. The minimum atomic E-state index is 0.148. The molecule has 2 unspecified atom stereocenters. The number of fused-ring (bicyclic) bond motifs is 1. The highest BCUT2D eigenvalue weighted by atomic mass is 16.2. The first kappa shape index (κ1) is 16.2. The summed E-state index contributed by atoms with van der Waals surface area (Å²) < 4.78 is 0. The van der Waals surface area contributed by atoms with Crippen LogP contribution in [0, 0.1) is 5.92 Å². The van der Waals surface area contributed by atoms with Crippen LogP contribution < -0.4 is 4.90 Å². The van der Waals surface area contributed by atoms with E-state index in [1.54, 1.807) is 6.33 Å². The van der Waals surface area contributed by atoms with Gasteiger partial charge in [-0.25, -0.2) is 9.97 Å². The van der Waals surface area contributed by atoms with Crippen LogP contribution in [0.25, 0.3) is 0 Å². The van der Waals surface area contributed by atoms with Gasteiger partial charge in [-0.1, -0.05) is 27.2 Å². The van der Waals surface area contributed by atoms with Gasteiger partial charge >= 0.3 is 0 Å². The number of amides is 1. The zero-order valence-electron chi connectivity index (χ0n) is 14.6. The van der Waals surface area contributed by atoms with E-state index in [2.05, 4.69) is 35.6 Å². The Morgan fingerprint density at radius 2 is 2.04 bits per heavy atom. The minimum Gasteiger partial charge on any atom is -0.353 e. The molecular weight excluding hydrogens is 288 g/mol. The summed E-state index contributed by atoms with van der Waals surface area (Å²) in [6.07, 6.45) is 5.99. The Kier molecular flexibility index (Phi) is 4.83. The number of anilines is 1. The quantitative estimate of drug-likeness (QED) is 0.857. The van der Waals surface area contributed by atoms with E-state index < -0.39 is 0 Å². The van der Waals surface area contributed by atoms with Crippen LogP contribution >= 0.6 is 0 Å². The smallest absolute Gasteiger partial charge is 0.225 e. The molecule has 0 aromatic carbocycles. The van der Waals surface area contributed by atoms with Crippen molar-refractivity contribution < 1.29 is 4.79 Å². The lowest BCUT2D eigenvalue weighted by molar-refractivity contribution is -0.135. The van der Waals surface area contributed by atoms with Gasteiger partial charge in [0.05, 0.1) is 0 Å². The van der Waals surface area contributed by atoms with Gasteiger partial charge in [0.15, 0.2) is 0 Å². The molecule has 1 fully saturated rings. The molecule has 2 aliphatic rings. The average Bonchev–Trinajstić information content (AvgIpc) is 2.96. The summed E-state index contributed by atoms with van der Waals surface area (Å²) in [6.45, 7) is 9.82. The SMILES string of the molecule is CCCC(C)C(=O)N1CCN(c2ncnc3c2C(C)CC3)CC1. The van der Waals surface area contributed by atoms with Crippen LogP contribution in [-0.2, 0) is 11.2 Å². The van der Waals surface area contributed by atoms with Crippen molar-refractivity contribution >= 4 is 11.7 Å². The van der Waals surface area contributed by atoms with Crippen LogP contribution in [0.3, 0.4) is 0 Å². The largest absolute Gasteiger partial charge is 0.353 e.